The first-order chi connectivity index (χ1) is 11.1. The average molecular weight is 330 g/mol. The lowest BCUT2D eigenvalue weighted by Gasteiger charge is -2.50. The van der Waals surface area contributed by atoms with Crippen molar-refractivity contribution in [1.82, 2.24) is 4.90 Å². The van der Waals surface area contributed by atoms with Gasteiger partial charge in [0, 0.05) is 24.3 Å². The van der Waals surface area contributed by atoms with E-state index in [9.17, 15) is 14.7 Å². The Bertz CT molecular complexity index is 707. The van der Waals surface area contributed by atoms with E-state index in [0.717, 1.165) is 23.2 Å². The largest absolute Gasteiger partial charge is 0.465 e. The van der Waals surface area contributed by atoms with Crippen molar-refractivity contribution in [2.75, 3.05) is 18.0 Å². The van der Waals surface area contributed by atoms with E-state index in [2.05, 4.69) is 31.7 Å². The second-order valence-electron chi connectivity index (χ2n) is 8.22. The third-order valence-corrected chi connectivity index (χ3v) is 5.90. The maximum Gasteiger partial charge on any atom is 0.407 e. The molecule has 2 saturated heterocycles. The molecule has 1 aromatic carbocycles. The number of anilines is 1. The van der Waals surface area contributed by atoms with Gasteiger partial charge in [-0.1, -0.05) is 20.8 Å². The molecule has 2 atom stereocenters. The van der Waals surface area contributed by atoms with Crippen LogP contribution in [0.3, 0.4) is 0 Å². The fourth-order valence-corrected chi connectivity index (χ4v) is 4.45. The first-order valence-corrected chi connectivity index (χ1v) is 8.45. The number of carbonyl (C=O) groups excluding carboxylic acids is 1. The Kier molecular flexibility index (Phi) is 3.66. The Morgan fingerprint density at radius 3 is 2.46 bits per heavy atom. The van der Waals surface area contributed by atoms with Crippen LogP contribution in [-0.4, -0.2) is 46.6 Å². The summed E-state index contributed by atoms with van der Waals surface area (Å²) in [5.41, 5.74) is 2.54. The van der Waals surface area contributed by atoms with Gasteiger partial charge >= 0.3 is 6.09 Å². The highest BCUT2D eigenvalue weighted by atomic mass is 16.4. The molecule has 1 aromatic rings. The number of ketones is 1. The zero-order valence-electron chi connectivity index (χ0n) is 15.1. The summed E-state index contributed by atoms with van der Waals surface area (Å²) < 4.78 is 0. The maximum absolute atomic E-state index is 11.7. The van der Waals surface area contributed by atoms with Gasteiger partial charge < -0.3 is 14.9 Å². The molecule has 1 unspecified atom stereocenters. The van der Waals surface area contributed by atoms with Crippen LogP contribution < -0.4 is 4.90 Å². The standard InChI is InChI=1S/C19H26N2O3/c1-12-8-14(6-7-16(12)13(2)22)21-10-15-9-19(21,18(3,4)5)11-20(15)17(23)24/h6-8,15H,9-11H2,1-5H3,(H,23,24)/t15-,19?/m0/s1. The predicted molar refractivity (Wildman–Crippen MR) is 93.9 cm³/mol. The molecule has 0 spiro atoms. The van der Waals surface area contributed by atoms with E-state index in [1.807, 2.05) is 19.1 Å². The lowest BCUT2D eigenvalue weighted by molar-refractivity contribution is 0.101. The van der Waals surface area contributed by atoms with Crippen LogP contribution in [-0.2, 0) is 0 Å². The molecule has 1 amide bonds. The minimum Gasteiger partial charge on any atom is -0.465 e. The van der Waals surface area contributed by atoms with Crippen LogP contribution in [0.1, 0.15) is 50.0 Å². The molecule has 2 aliphatic heterocycles. The Morgan fingerprint density at radius 1 is 1.29 bits per heavy atom. The van der Waals surface area contributed by atoms with Crippen molar-refractivity contribution in [3.8, 4) is 0 Å². The molecule has 130 valence electrons. The molecule has 5 nitrogen and oxygen atoms in total. The number of nitrogens with zero attached hydrogens (tertiary/aromatic N) is 2. The zero-order chi connectivity index (χ0) is 17.9. The highest BCUT2D eigenvalue weighted by Gasteiger charge is 2.61. The third-order valence-electron chi connectivity index (χ3n) is 5.90. The van der Waals surface area contributed by atoms with E-state index in [-0.39, 0.29) is 22.8 Å². The van der Waals surface area contributed by atoms with E-state index in [0.29, 0.717) is 13.1 Å². The molecule has 0 aromatic heterocycles. The van der Waals surface area contributed by atoms with E-state index < -0.39 is 6.09 Å². The first kappa shape index (κ1) is 16.8. The molecule has 3 rings (SSSR count). The summed E-state index contributed by atoms with van der Waals surface area (Å²) in [5.74, 6) is 0.0737. The van der Waals surface area contributed by atoms with Gasteiger partial charge in [0.2, 0.25) is 0 Å². The zero-order valence-corrected chi connectivity index (χ0v) is 15.1. The molecular weight excluding hydrogens is 304 g/mol. The second-order valence-corrected chi connectivity index (χ2v) is 8.22. The molecule has 1 N–H and O–H groups in total. The van der Waals surface area contributed by atoms with Gasteiger partial charge in [-0.05, 0) is 49.4 Å². The van der Waals surface area contributed by atoms with Crippen LogP contribution in [0.25, 0.3) is 0 Å². The van der Waals surface area contributed by atoms with Crippen molar-refractivity contribution in [3.63, 3.8) is 0 Å². The summed E-state index contributed by atoms with van der Waals surface area (Å²) in [6.45, 7) is 11.3. The van der Waals surface area contributed by atoms with Crippen molar-refractivity contribution in [2.45, 2.75) is 52.6 Å². The number of likely N-dealkylation sites (tertiary alicyclic amines) is 1. The minimum absolute atomic E-state index is 0.0366. The van der Waals surface area contributed by atoms with Gasteiger partial charge in [0.15, 0.2) is 5.78 Å². The van der Waals surface area contributed by atoms with Crippen LogP contribution in [0.2, 0.25) is 0 Å². The quantitative estimate of drug-likeness (QED) is 0.842. The summed E-state index contributed by atoms with van der Waals surface area (Å²) in [7, 11) is 0. The lowest BCUT2D eigenvalue weighted by atomic mass is 9.72. The summed E-state index contributed by atoms with van der Waals surface area (Å²) in [5, 5.41) is 9.48. The number of hydrogen-bond donors (Lipinski definition) is 1. The summed E-state index contributed by atoms with van der Waals surface area (Å²) in [6, 6.07) is 6.00. The number of benzene rings is 1. The molecule has 2 bridgehead atoms. The van der Waals surface area contributed by atoms with E-state index in [1.165, 1.54) is 0 Å². The Morgan fingerprint density at radius 2 is 1.96 bits per heavy atom. The SMILES string of the molecule is CC(=O)c1ccc(N2C[C@@H]3CC2(C(C)(C)C)CN3C(=O)O)cc1C. The van der Waals surface area contributed by atoms with Gasteiger partial charge in [-0.25, -0.2) is 4.79 Å². The molecule has 5 heteroatoms. The highest BCUT2D eigenvalue weighted by molar-refractivity contribution is 5.96. The fourth-order valence-electron chi connectivity index (χ4n) is 4.45. The molecule has 0 aliphatic carbocycles. The number of Topliss-reactive ketones (excluding diaryl/α,β-unsaturated/α-hetero) is 1. The maximum atomic E-state index is 11.7. The average Bonchev–Trinajstić information content (AvgIpc) is 3.03. The summed E-state index contributed by atoms with van der Waals surface area (Å²) >= 11 is 0. The normalized spacial score (nSPS) is 26.1. The molecule has 0 saturated carbocycles. The molecule has 2 heterocycles. The predicted octanol–water partition coefficient (Wildman–Crippen LogP) is 3.55. The van der Waals surface area contributed by atoms with Crippen molar-refractivity contribution >= 4 is 17.6 Å². The van der Waals surface area contributed by atoms with E-state index >= 15 is 0 Å². The smallest absolute Gasteiger partial charge is 0.407 e. The van der Waals surface area contributed by atoms with Crippen molar-refractivity contribution in [3.05, 3.63) is 29.3 Å². The van der Waals surface area contributed by atoms with Crippen LogP contribution in [0.15, 0.2) is 18.2 Å². The van der Waals surface area contributed by atoms with Crippen molar-refractivity contribution in [1.29, 1.82) is 0 Å². The molecule has 2 aliphatic rings. The number of aryl methyl sites for hydroxylation is 1. The van der Waals surface area contributed by atoms with Gasteiger partial charge in [-0.2, -0.15) is 0 Å². The van der Waals surface area contributed by atoms with Crippen LogP contribution in [0, 0.1) is 12.3 Å². The number of hydrogen-bond acceptors (Lipinski definition) is 3. The van der Waals surface area contributed by atoms with E-state index in [1.54, 1.807) is 11.8 Å². The number of amides is 1. The summed E-state index contributed by atoms with van der Waals surface area (Å²) in [4.78, 5) is 27.2. The third kappa shape index (κ3) is 2.29. The van der Waals surface area contributed by atoms with Gasteiger partial charge in [-0.15, -0.1) is 0 Å². The monoisotopic (exact) mass is 330 g/mol. The van der Waals surface area contributed by atoms with Gasteiger partial charge in [0.1, 0.15) is 0 Å². The van der Waals surface area contributed by atoms with E-state index in [4.69, 9.17) is 0 Å². The lowest BCUT2D eigenvalue weighted by Crippen LogP contribution is -2.61. The van der Waals surface area contributed by atoms with Gasteiger partial charge in [0.25, 0.3) is 0 Å². The minimum atomic E-state index is -0.825. The first-order valence-electron chi connectivity index (χ1n) is 8.45. The van der Waals surface area contributed by atoms with Crippen LogP contribution in [0.5, 0.6) is 0 Å². The Balaban J connectivity index is 2.02. The topological polar surface area (TPSA) is 60.9 Å². The number of fused-ring (bicyclic) bond motifs is 2. The molecule has 24 heavy (non-hydrogen) atoms. The molecule has 0 radical (unpaired) electrons. The Hall–Kier alpha value is -2.04. The van der Waals surface area contributed by atoms with Crippen LogP contribution in [0.4, 0.5) is 10.5 Å². The number of piperazine rings is 1. The number of carbonyl (C=O) groups is 2. The van der Waals surface area contributed by atoms with Crippen LogP contribution >= 0.6 is 0 Å². The van der Waals surface area contributed by atoms with Gasteiger partial charge in [-0.3, -0.25) is 4.79 Å². The Labute approximate surface area is 143 Å². The molecular formula is C19H26N2O3. The molecule has 2 fully saturated rings. The highest BCUT2D eigenvalue weighted by Crippen LogP contribution is 2.52. The fraction of sp³-hybridized carbons (Fsp3) is 0.579. The number of carboxylic acid groups (broad SMARTS) is 1. The van der Waals surface area contributed by atoms with Gasteiger partial charge in [0.05, 0.1) is 11.6 Å². The van der Waals surface area contributed by atoms with Crippen molar-refractivity contribution in [2.24, 2.45) is 5.41 Å². The number of rotatable bonds is 2. The summed E-state index contributed by atoms with van der Waals surface area (Å²) in [6.07, 6.45) is 0.0323. The van der Waals surface area contributed by atoms with Crippen molar-refractivity contribution < 1.29 is 14.7 Å². The second kappa shape index (κ2) is 5.23.